The summed E-state index contributed by atoms with van der Waals surface area (Å²) in [5, 5.41) is 0. The molecule has 3 nitrogen and oxygen atoms in total. The number of allylic oxidation sites excluding steroid dienone is 1. The van der Waals surface area contributed by atoms with Gasteiger partial charge in [-0.1, -0.05) is 25.5 Å². The van der Waals surface area contributed by atoms with Crippen LogP contribution in [-0.4, -0.2) is 36.2 Å². The fraction of sp³-hybridized carbons (Fsp3) is 0.533. The van der Waals surface area contributed by atoms with E-state index in [9.17, 15) is 0 Å². The van der Waals surface area contributed by atoms with Gasteiger partial charge < -0.3 is 4.74 Å². The molecule has 1 aromatic rings. The maximum absolute atomic E-state index is 5.35. The SMILES string of the molecule is CCCC=Cc1ccc(CN2CCOCC2)cn1. The van der Waals surface area contributed by atoms with Gasteiger partial charge in [0, 0.05) is 25.8 Å². The third kappa shape index (κ3) is 4.24. The van der Waals surface area contributed by atoms with Crippen molar-refractivity contribution in [2.45, 2.75) is 26.3 Å². The van der Waals surface area contributed by atoms with Crippen LogP contribution in [0.4, 0.5) is 0 Å². The smallest absolute Gasteiger partial charge is 0.0626 e. The van der Waals surface area contributed by atoms with E-state index in [4.69, 9.17) is 4.74 Å². The number of hydrogen-bond donors (Lipinski definition) is 0. The maximum Gasteiger partial charge on any atom is 0.0626 e. The lowest BCUT2D eigenvalue weighted by atomic mass is 10.2. The van der Waals surface area contributed by atoms with Crippen LogP contribution in [0.1, 0.15) is 31.0 Å². The van der Waals surface area contributed by atoms with Crippen LogP contribution in [0.5, 0.6) is 0 Å². The van der Waals surface area contributed by atoms with Crippen LogP contribution >= 0.6 is 0 Å². The van der Waals surface area contributed by atoms with Crippen molar-refractivity contribution in [1.29, 1.82) is 0 Å². The second-order valence-electron chi connectivity index (χ2n) is 4.67. The minimum absolute atomic E-state index is 0.852. The summed E-state index contributed by atoms with van der Waals surface area (Å²) in [6.45, 7) is 6.92. The molecule has 2 heterocycles. The molecule has 1 fully saturated rings. The largest absolute Gasteiger partial charge is 0.379 e. The zero-order valence-electron chi connectivity index (χ0n) is 11.1. The molecule has 2 rings (SSSR count). The number of hydrogen-bond acceptors (Lipinski definition) is 3. The molecule has 0 amide bonds. The molecule has 0 bridgehead atoms. The first-order valence-electron chi connectivity index (χ1n) is 6.80. The number of aromatic nitrogens is 1. The fourth-order valence-corrected chi connectivity index (χ4v) is 2.02. The Kier molecular flexibility index (Phi) is 5.36. The Morgan fingerprint density at radius 2 is 2.17 bits per heavy atom. The molecular formula is C15H22N2O. The monoisotopic (exact) mass is 246 g/mol. The van der Waals surface area contributed by atoms with E-state index in [0.717, 1.165) is 45.0 Å². The highest BCUT2D eigenvalue weighted by atomic mass is 16.5. The van der Waals surface area contributed by atoms with Crippen LogP contribution in [-0.2, 0) is 11.3 Å². The molecule has 1 aliphatic heterocycles. The van der Waals surface area contributed by atoms with Crippen molar-refractivity contribution in [1.82, 2.24) is 9.88 Å². The van der Waals surface area contributed by atoms with Crippen molar-refractivity contribution >= 4 is 6.08 Å². The summed E-state index contributed by atoms with van der Waals surface area (Å²) in [4.78, 5) is 6.88. The minimum Gasteiger partial charge on any atom is -0.379 e. The standard InChI is InChI=1S/C15H22N2O/c1-2-3-4-5-15-7-6-14(12-16-15)13-17-8-10-18-11-9-17/h4-7,12H,2-3,8-11,13H2,1H3. The van der Waals surface area contributed by atoms with Crippen LogP contribution in [0.25, 0.3) is 6.08 Å². The van der Waals surface area contributed by atoms with Crippen LogP contribution in [0, 0.1) is 0 Å². The van der Waals surface area contributed by atoms with Crippen molar-refractivity contribution < 1.29 is 4.74 Å². The molecule has 1 aromatic heterocycles. The van der Waals surface area contributed by atoms with E-state index in [1.54, 1.807) is 0 Å². The quantitative estimate of drug-likeness (QED) is 0.798. The van der Waals surface area contributed by atoms with Gasteiger partial charge in [-0.2, -0.15) is 0 Å². The Balaban J connectivity index is 1.86. The van der Waals surface area contributed by atoms with Crippen LogP contribution in [0.3, 0.4) is 0 Å². The van der Waals surface area contributed by atoms with Crippen LogP contribution in [0.2, 0.25) is 0 Å². The van der Waals surface area contributed by atoms with Crippen molar-refractivity contribution in [3.05, 3.63) is 35.7 Å². The van der Waals surface area contributed by atoms with E-state index >= 15 is 0 Å². The highest BCUT2D eigenvalue weighted by Crippen LogP contribution is 2.08. The highest BCUT2D eigenvalue weighted by molar-refractivity contribution is 5.44. The predicted molar refractivity (Wildman–Crippen MR) is 74.3 cm³/mol. The van der Waals surface area contributed by atoms with Gasteiger partial charge in [0.25, 0.3) is 0 Å². The van der Waals surface area contributed by atoms with Gasteiger partial charge in [0.05, 0.1) is 18.9 Å². The first kappa shape index (κ1) is 13.2. The third-order valence-electron chi connectivity index (χ3n) is 3.10. The number of morpholine rings is 1. The molecule has 0 atom stereocenters. The van der Waals surface area contributed by atoms with Gasteiger partial charge in [-0.05, 0) is 24.1 Å². The zero-order chi connectivity index (χ0) is 12.6. The van der Waals surface area contributed by atoms with Gasteiger partial charge >= 0.3 is 0 Å². The Labute approximate surface area is 109 Å². The van der Waals surface area contributed by atoms with Crippen LogP contribution in [0.15, 0.2) is 24.4 Å². The summed E-state index contributed by atoms with van der Waals surface area (Å²) >= 11 is 0. The molecule has 0 spiro atoms. The lowest BCUT2D eigenvalue weighted by Gasteiger charge is -2.26. The fourth-order valence-electron chi connectivity index (χ4n) is 2.02. The number of unbranched alkanes of at least 4 members (excludes halogenated alkanes) is 1. The lowest BCUT2D eigenvalue weighted by molar-refractivity contribution is 0.0341. The molecule has 0 radical (unpaired) electrons. The summed E-state index contributed by atoms with van der Waals surface area (Å²) in [6, 6.07) is 4.27. The minimum atomic E-state index is 0.852. The van der Waals surface area contributed by atoms with E-state index in [1.807, 2.05) is 6.20 Å². The zero-order valence-corrected chi connectivity index (χ0v) is 11.1. The van der Waals surface area contributed by atoms with Crippen LogP contribution < -0.4 is 0 Å². The van der Waals surface area contributed by atoms with Gasteiger partial charge in [-0.3, -0.25) is 9.88 Å². The van der Waals surface area contributed by atoms with Gasteiger partial charge in [-0.25, -0.2) is 0 Å². The molecule has 18 heavy (non-hydrogen) atoms. The summed E-state index contributed by atoms with van der Waals surface area (Å²) in [7, 11) is 0. The molecule has 0 N–H and O–H groups in total. The first-order chi connectivity index (χ1) is 8.88. The lowest BCUT2D eigenvalue weighted by Crippen LogP contribution is -2.35. The second kappa shape index (κ2) is 7.29. The number of nitrogens with zero attached hydrogens (tertiary/aromatic N) is 2. The number of ether oxygens (including phenoxy) is 1. The summed E-state index contributed by atoms with van der Waals surface area (Å²) < 4.78 is 5.35. The second-order valence-corrected chi connectivity index (χ2v) is 4.67. The molecule has 1 saturated heterocycles. The molecular weight excluding hydrogens is 224 g/mol. The molecule has 0 aliphatic carbocycles. The van der Waals surface area contributed by atoms with E-state index in [-0.39, 0.29) is 0 Å². The number of rotatable bonds is 5. The van der Waals surface area contributed by atoms with Gasteiger partial charge in [0.15, 0.2) is 0 Å². The molecule has 98 valence electrons. The summed E-state index contributed by atoms with van der Waals surface area (Å²) in [5.74, 6) is 0. The highest BCUT2D eigenvalue weighted by Gasteiger charge is 2.10. The van der Waals surface area contributed by atoms with E-state index in [0.29, 0.717) is 0 Å². The van der Waals surface area contributed by atoms with Crippen molar-refractivity contribution in [2.24, 2.45) is 0 Å². The molecule has 1 aliphatic rings. The molecule has 0 saturated carbocycles. The predicted octanol–water partition coefficient (Wildman–Crippen LogP) is 2.73. The molecule has 0 unspecified atom stereocenters. The van der Waals surface area contributed by atoms with E-state index in [2.05, 4.69) is 41.1 Å². The van der Waals surface area contributed by atoms with Gasteiger partial charge in [-0.15, -0.1) is 0 Å². The molecule has 3 heteroatoms. The topological polar surface area (TPSA) is 25.4 Å². The van der Waals surface area contributed by atoms with Crippen molar-refractivity contribution in [3.63, 3.8) is 0 Å². The number of pyridine rings is 1. The van der Waals surface area contributed by atoms with Gasteiger partial charge in [0.2, 0.25) is 0 Å². The summed E-state index contributed by atoms with van der Waals surface area (Å²) in [5.41, 5.74) is 2.33. The maximum atomic E-state index is 5.35. The van der Waals surface area contributed by atoms with Crippen molar-refractivity contribution in [3.8, 4) is 0 Å². The Bertz CT molecular complexity index is 367. The average molecular weight is 246 g/mol. The van der Waals surface area contributed by atoms with Gasteiger partial charge in [0.1, 0.15) is 0 Å². The molecule has 0 aromatic carbocycles. The average Bonchev–Trinajstić information content (AvgIpc) is 2.42. The Morgan fingerprint density at radius 1 is 1.33 bits per heavy atom. The normalized spacial score (nSPS) is 17.4. The first-order valence-corrected chi connectivity index (χ1v) is 6.80. The van der Waals surface area contributed by atoms with Crippen molar-refractivity contribution in [2.75, 3.05) is 26.3 Å². The van der Waals surface area contributed by atoms with E-state index in [1.165, 1.54) is 12.0 Å². The van der Waals surface area contributed by atoms with E-state index < -0.39 is 0 Å². The Hall–Kier alpha value is -1.19. The third-order valence-corrected chi connectivity index (χ3v) is 3.10. The summed E-state index contributed by atoms with van der Waals surface area (Å²) in [6.07, 6.45) is 8.58. The Morgan fingerprint density at radius 3 is 2.83 bits per heavy atom.